The summed E-state index contributed by atoms with van der Waals surface area (Å²) in [5.41, 5.74) is 3.71. The van der Waals surface area contributed by atoms with Crippen molar-refractivity contribution < 1.29 is 0 Å². The van der Waals surface area contributed by atoms with Gasteiger partial charge in [-0.05, 0) is 48.1 Å². The molecule has 1 aromatic carbocycles. The second-order valence-corrected chi connectivity index (χ2v) is 5.64. The third kappa shape index (κ3) is 1.67. The van der Waals surface area contributed by atoms with Gasteiger partial charge in [0.15, 0.2) is 0 Å². The van der Waals surface area contributed by atoms with Crippen LogP contribution in [-0.2, 0) is 6.42 Å². The summed E-state index contributed by atoms with van der Waals surface area (Å²) in [6, 6.07) is 9.32. The van der Waals surface area contributed by atoms with Crippen LogP contribution in [0.2, 0.25) is 0 Å². The maximum absolute atomic E-state index is 3.43. The van der Waals surface area contributed by atoms with E-state index in [-0.39, 0.29) is 0 Å². The van der Waals surface area contributed by atoms with Crippen LogP contribution in [-0.4, -0.2) is 13.1 Å². The first-order valence-corrected chi connectivity index (χ1v) is 6.61. The van der Waals surface area contributed by atoms with Gasteiger partial charge in [0.25, 0.3) is 0 Å². The van der Waals surface area contributed by atoms with Crippen molar-refractivity contribution >= 4 is 0 Å². The summed E-state index contributed by atoms with van der Waals surface area (Å²) >= 11 is 0. The Morgan fingerprint density at radius 1 is 1.25 bits per heavy atom. The molecule has 0 aromatic heterocycles. The van der Waals surface area contributed by atoms with Crippen LogP contribution in [0.5, 0.6) is 0 Å². The largest absolute Gasteiger partial charge is 0.316 e. The van der Waals surface area contributed by atoms with Gasteiger partial charge in [0.2, 0.25) is 0 Å². The molecule has 1 N–H and O–H groups in total. The van der Waals surface area contributed by atoms with E-state index in [4.69, 9.17) is 0 Å². The maximum atomic E-state index is 3.43. The van der Waals surface area contributed by atoms with E-state index in [0.29, 0.717) is 5.41 Å². The number of rotatable bonds is 2. The lowest BCUT2D eigenvalue weighted by molar-refractivity contribution is 0.175. The van der Waals surface area contributed by atoms with Crippen molar-refractivity contribution in [3.8, 4) is 0 Å². The molecule has 2 fully saturated rings. The molecule has 1 saturated heterocycles. The van der Waals surface area contributed by atoms with Crippen LogP contribution in [0.3, 0.4) is 0 Å². The topological polar surface area (TPSA) is 12.0 Å². The molecule has 1 heterocycles. The zero-order chi connectivity index (χ0) is 11.0. The highest BCUT2D eigenvalue weighted by Crippen LogP contribution is 2.48. The minimum absolute atomic E-state index is 0.675. The number of aryl methyl sites for hydroxylation is 1. The average Bonchev–Trinajstić information content (AvgIpc) is 2.74. The first-order chi connectivity index (χ1) is 7.81. The summed E-state index contributed by atoms with van der Waals surface area (Å²) in [6.07, 6.45) is 5.39. The van der Waals surface area contributed by atoms with E-state index in [1.165, 1.54) is 37.9 Å². The fourth-order valence-corrected chi connectivity index (χ4v) is 3.32. The number of hydrogen-bond acceptors (Lipinski definition) is 1. The van der Waals surface area contributed by atoms with Crippen molar-refractivity contribution in [2.24, 2.45) is 5.41 Å². The van der Waals surface area contributed by atoms with Crippen LogP contribution in [0.25, 0.3) is 0 Å². The maximum Gasteiger partial charge on any atom is 0.00204 e. The molecule has 86 valence electrons. The van der Waals surface area contributed by atoms with Gasteiger partial charge in [-0.3, -0.25) is 0 Å². The Kier molecular flexibility index (Phi) is 2.51. The van der Waals surface area contributed by atoms with Gasteiger partial charge in [0.05, 0.1) is 0 Å². The van der Waals surface area contributed by atoms with Crippen LogP contribution in [0, 0.1) is 5.41 Å². The Bertz CT molecular complexity index is 362. The van der Waals surface area contributed by atoms with E-state index in [2.05, 4.69) is 36.5 Å². The van der Waals surface area contributed by atoms with E-state index in [1.807, 2.05) is 0 Å². The number of benzene rings is 1. The minimum Gasteiger partial charge on any atom is -0.316 e. The standard InChI is InChI=1S/C15H21N/c1-2-12-3-5-13(6-4-12)14-7-8-15(9-14)10-16-11-15/h3-6,14,16H,2,7-11H2,1H3. The van der Waals surface area contributed by atoms with Crippen LogP contribution >= 0.6 is 0 Å². The lowest BCUT2D eigenvalue weighted by Gasteiger charge is -2.39. The summed E-state index contributed by atoms with van der Waals surface area (Å²) in [6.45, 7) is 4.74. The molecule has 0 bridgehead atoms. The highest BCUT2D eigenvalue weighted by Gasteiger charge is 2.43. The molecular weight excluding hydrogens is 194 g/mol. The molecule has 1 saturated carbocycles. The normalized spacial score (nSPS) is 26.9. The van der Waals surface area contributed by atoms with E-state index >= 15 is 0 Å². The predicted octanol–water partition coefficient (Wildman–Crippen LogP) is 3.11. The zero-order valence-corrected chi connectivity index (χ0v) is 10.1. The van der Waals surface area contributed by atoms with E-state index in [0.717, 1.165) is 12.3 Å². The molecule has 1 aliphatic carbocycles. The average molecular weight is 215 g/mol. The van der Waals surface area contributed by atoms with Crippen molar-refractivity contribution in [2.45, 2.75) is 38.5 Å². The second kappa shape index (κ2) is 3.89. The Balaban J connectivity index is 1.73. The summed E-state index contributed by atoms with van der Waals surface area (Å²) in [4.78, 5) is 0. The van der Waals surface area contributed by atoms with E-state index < -0.39 is 0 Å². The molecule has 1 spiro atoms. The Hall–Kier alpha value is -0.820. The molecule has 1 unspecified atom stereocenters. The SMILES string of the molecule is CCc1ccc(C2CCC3(CNC3)C2)cc1. The summed E-state index contributed by atoms with van der Waals surface area (Å²) < 4.78 is 0. The van der Waals surface area contributed by atoms with Crippen LogP contribution in [0.15, 0.2) is 24.3 Å². The van der Waals surface area contributed by atoms with Gasteiger partial charge >= 0.3 is 0 Å². The Morgan fingerprint density at radius 3 is 2.50 bits per heavy atom. The quantitative estimate of drug-likeness (QED) is 0.799. The predicted molar refractivity (Wildman–Crippen MR) is 67.7 cm³/mol. The first-order valence-electron chi connectivity index (χ1n) is 6.61. The molecule has 16 heavy (non-hydrogen) atoms. The van der Waals surface area contributed by atoms with Gasteiger partial charge in [-0.2, -0.15) is 0 Å². The van der Waals surface area contributed by atoms with Crippen molar-refractivity contribution in [1.29, 1.82) is 0 Å². The van der Waals surface area contributed by atoms with Crippen molar-refractivity contribution in [3.05, 3.63) is 35.4 Å². The lowest BCUT2D eigenvalue weighted by atomic mass is 9.79. The molecule has 1 aliphatic heterocycles. The molecule has 0 radical (unpaired) electrons. The monoisotopic (exact) mass is 215 g/mol. The molecule has 0 amide bonds. The molecule has 2 aliphatic rings. The third-order valence-electron chi connectivity index (χ3n) is 4.56. The summed E-state index contributed by atoms with van der Waals surface area (Å²) in [7, 11) is 0. The van der Waals surface area contributed by atoms with E-state index in [9.17, 15) is 0 Å². The second-order valence-electron chi connectivity index (χ2n) is 5.64. The van der Waals surface area contributed by atoms with Gasteiger partial charge < -0.3 is 5.32 Å². The smallest absolute Gasteiger partial charge is 0.00204 e. The van der Waals surface area contributed by atoms with E-state index in [1.54, 1.807) is 5.56 Å². The highest BCUT2D eigenvalue weighted by atomic mass is 15.0. The fourth-order valence-electron chi connectivity index (χ4n) is 3.32. The zero-order valence-electron chi connectivity index (χ0n) is 10.1. The Labute approximate surface area is 98.3 Å². The van der Waals surface area contributed by atoms with Crippen LogP contribution < -0.4 is 5.32 Å². The van der Waals surface area contributed by atoms with Gasteiger partial charge in [0.1, 0.15) is 0 Å². The van der Waals surface area contributed by atoms with Crippen molar-refractivity contribution in [1.82, 2.24) is 5.32 Å². The molecular formula is C15H21N. The number of nitrogens with one attached hydrogen (secondary N) is 1. The van der Waals surface area contributed by atoms with Crippen LogP contribution in [0.1, 0.15) is 43.2 Å². The highest BCUT2D eigenvalue weighted by molar-refractivity contribution is 5.27. The molecule has 1 aromatic rings. The minimum atomic E-state index is 0.675. The Morgan fingerprint density at radius 2 is 2.00 bits per heavy atom. The molecule has 1 atom stereocenters. The number of hydrogen-bond donors (Lipinski definition) is 1. The lowest BCUT2D eigenvalue weighted by Crippen LogP contribution is -2.51. The summed E-state index contributed by atoms with van der Waals surface area (Å²) in [5.74, 6) is 0.827. The van der Waals surface area contributed by atoms with Gasteiger partial charge in [-0.1, -0.05) is 31.2 Å². The third-order valence-corrected chi connectivity index (χ3v) is 4.56. The van der Waals surface area contributed by atoms with Gasteiger partial charge in [-0.25, -0.2) is 0 Å². The molecule has 1 nitrogen and oxygen atoms in total. The fraction of sp³-hybridized carbons (Fsp3) is 0.600. The van der Waals surface area contributed by atoms with Gasteiger partial charge in [-0.15, -0.1) is 0 Å². The molecule has 3 rings (SSSR count). The van der Waals surface area contributed by atoms with Crippen LogP contribution in [0.4, 0.5) is 0 Å². The van der Waals surface area contributed by atoms with Crippen molar-refractivity contribution in [3.63, 3.8) is 0 Å². The summed E-state index contributed by atoms with van der Waals surface area (Å²) in [5, 5.41) is 3.43. The van der Waals surface area contributed by atoms with Gasteiger partial charge in [0, 0.05) is 13.1 Å². The van der Waals surface area contributed by atoms with Crippen molar-refractivity contribution in [2.75, 3.05) is 13.1 Å². The molecule has 1 heteroatoms. The first kappa shape index (κ1) is 10.3.